The molecule has 0 aliphatic rings. The van der Waals surface area contributed by atoms with E-state index >= 15 is 0 Å². The molecule has 1 aromatic heterocycles. The number of aromatic nitrogens is 3. The lowest BCUT2D eigenvalue weighted by atomic mass is 10.2. The van der Waals surface area contributed by atoms with E-state index in [9.17, 15) is 0 Å². The zero-order chi connectivity index (χ0) is 15.1. The monoisotopic (exact) mass is 285 g/mol. The lowest BCUT2D eigenvalue weighted by Crippen LogP contribution is -2.10. The van der Waals surface area contributed by atoms with Crippen molar-refractivity contribution in [2.45, 2.75) is 32.9 Å². The molecule has 21 heavy (non-hydrogen) atoms. The summed E-state index contributed by atoms with van der Waals surface area (Å²) < 4.78 is 7.55. The largest absolute Gasteiger partial charge is 0.486 e. The number of rotatable bonds is 5. The first-order valence-electron chi connectivity index (χ1n) is 6.91. The van der Waals surface area contributed by atoms with Crippen molar-refractivity contribution in [3.63, 3.8) is 0 Å². The summed E-state index contributed by atoms with van der Waals surface area (Å²) in [5.74, 6) is 7.42. The second-order valence-corrected chi connectivity index (χ2v) is 4.80. The molecule has 0 unspecified atom stereocenters. The van der Waals surface area contributed by atoms with Crippen LogP contribution in [-0.2, 0) is 6.61 Å². The smallest absolute Gasteiger partial charge is 0.165 e. The third-order valence-electron chi connectivity index (χ3n) is 2.83. The standard InChI is InChI=1S/C16H19N3O2/c1-13(2)19-16(17-12-18-19)11-21-15-8-6-14(7-9-15)5-3-4-10-20/h6-9,12-13,20H,4,10-11H2,1-2H3. The summed E-state index contributed by atoms with van der Waals surface area (Å²) in [6, 6.07) is 7.80. The van der Waals surface area contributed by atoms with E-state index < -0.39 is 0 Å². The maximum atomic E-state index is 8.67. The Morgan fingerprint density at radius 1 is 1.29 bits per heavy atom. The van der Waals surface area contributed by atoms with Gasteiger partial charge in [-0.2, -0.15) is 5.10 Å². The van der Waals surface area contributed by atoms with Crippen molar-refractivity contribution < 1.29 is 9.84 Å². The van der Waals surface area contributed by atoms with Gasteiger partial charge in [-0.25, -0.2) is 9.67 Å². The molecule has 0 amide bonds. The van der Waals surface area contributed by atoms with Crippen LogP contribution in [0.1, 0.15) is 37.7 Å². The fourth-order valence-corrected chi connectivity index (χ4v) is 1.81. The minimum absolute atomic E-state index is 0.0880. The molecule has 1 N–H and O–H groups in total. The third kappa shape index (κ3) is 4.33. The Morgan fingerprint density at radius 3 is 2.71 bits per heavy atom. The molecule has 0 aliphatic heterocycles. The summed E-state index contributed by atoms with van der Waals surface area (Å²) in [6.45, 7) is 4.58. The zero-order valence-corrected chi connectivity index (χ0v) is 12.3. The molecule has 5 nitrogen and oxygen atoms in total. The van der Waals surface area contributed by atoms with Gasteiger partial charge in [0, 0.05) is 18.0 Å². The summed E-state index contributed by atoms with van der Waals surface area (Å²) in [7, 11) is 0. The molecular formula is C16H19N3O2. The van der Waals surface area contributed by atoms with E-state index in [-0.39, 0.29) is 12.6 Å². The highest BCUT2D eigenvalue weighted by molar-refractivity contribution is 5.38. The predicted molar refractivity (Wildman–Crippen MR) is 79.8 cm³/mol. The van der Waals surface area contributed by atoms with E-state index in [1.165, 1.54) is 0 Å². The second kappa shape index (κ2) is 7.46. The molecule has 0 bridgehead atoms. The Labute approximate surface area is 124 Å². The Hall–Kier alpha value is -2.32. The van der Waals surface area contributed by atoms with Crippen LogP contribution in [-0.4, -0.2) is 26.5 Å². The Balaban J connectivity index is 1.95. The van der Waals surface area contributed by atoms with Crippen LogP contribution in [0, 0.1) is 11.8 Å². The molecule has 2 aromatic rings. The molecule has 0 saturated heterocycles. The number of benzene rings is 1. The minimum atomic E-state index is 0.0880. The molecule has 5 heteroatoms. The van der Waals surface area contributed by atoms with Crippen molar-refractivity contribution in [1.29, 1.82) is 0 Å². The van der Waals surface area contributed by atoms with E-state index in [4.69, 9.17) is 9.84 Å². The molecule has 0 aliphatic carbocycles. The van der Waals surface area contributed by atoms with Gasteiger partial charge in [-0.15, -0.1) is 0 Å². The van der Waals surface area contributed by atoms with Crippen LogP contribution >= 0.6 is 0 Å². The summed E-state index contributed by atoms with van der Waals surface area (Å²) in [6.07, 6.45) is 2.03. The second-order valence-electron chi connectivity index (χ2n) is 4.80. The van der Waals surface area contributed by atoms with Gasteiger partial charge in [0.25, 0.3) is 0 Å². The average molecular weight is 285 g/mol. The Kier molecular flexibility index (Phi) is 5.35. The SMILES string of the molecule is CC(C)n1ncnc1COc1ccc(C#CCCO)cc1. The van der Waals surface area contributed by atoms with Gasteiger partial charge in [-0.05, 0) is 38.1 Å². The van der Waals surface area contributed by atoms with Crippen molar-refractivity contribution in [2.75, 3.05) is 6.61 Å². The van der Waals surface area contributed by atoms with Gasteiger partial charge in [0.1, 0.15) is 18.7 Å². The fourth-order valence-electron chi connectivity index (χ4n) is 1.81. The number of hydrogen-bond donors (Lipinski definition) is 1. The van der Waals surface area contributed by atoms with E-state index in [0.717, 1.165) is 17.1 Å². The highest BCUT2D eigenvalue weighted by atomic mass is 16.5. The van der Waals surface area contributed by atoms with Gasteiger partial charge in [0.2, 0.25) is 0 Å². The van der Waals surface area contributed by atoms with Gasteiger partial charge < -0.3 is 9.84 Å². The van der Waals surface area contributed by atoms with Crippen molar-refractivity contribution in [3.8, 4) is 17.6 Å². The first-order chi connectivity index (χ1) is 10.2. The molecule has 0 atom stereocenters. The average Bonchev–Trinajstić information content (AvgIpc) is 2.95. The fraction of sp³-hybridized carbons (Fsp3) is 0.375. The number of aliphatic hydroxyl groups excluding tert-OH is 1. The molecule has 1 aromatic carbocycles. The maximum absolute atomic E-state index is 8.67. The van der Waals surface area contributed by atoms with Crippen LogP contribution in [0.2, 0.25) is 0 Å². The lowest BCUT2D eigenvalue weighted by Gasteiger charge is -2.10. The molecule has 110 valence electrons. The first-order valence-corrected chi connectivity index (χ1v) is 6.91. The van der Waals surface area contributed by atoms with Gasteiger partial charge in [-0.3, -0.25) is 0 Å². The number of nitrogens with zero attached hydrogens (tertiary/aromatic N) is 3. The van der Waals surface area contributed by atoms with Crippen molar-refractivity contribution in [2.24, 2.45) is 0 Å². The lowest BCUT2D eigenvalue weighted by molar-refractivity contribution is 0.282. The summed E-state index contributed by atoms with van der Waals surface area (Å²) in [5, 5.41) is 12.8. The van der Waals surface area contributed by atoms with Crippen molar-refractivity contribution >= 4 is 0 Å². The quantitative estimate of drug-likeness (QED) is 0.855. The zero-order valence-electron chi connectivity index (χ0n) is 12.3. The van der Waals surface area contributed by atoms with E-state index in [1.807, 2.05) is 28.9 Å². The van der Waals surface area contributed by atoms with Crippen LogP contribution in [0.25, 0.3) is 0 Å². The first kappa shape index (κ1) is 15.1. The van der Waals surface area contributed by atoms with Gasteiger partial charge >= 0.3 is 0 Å². The topological polar surface area (TPSA) is 60.2 Å². The normalized spacial score (nSPS) is 10.3. The maximum Gasteiger partial charge on any atom is 0.165 e. The van der Waals surface area contributed by atoms with E-state index in [2.05, 4.69) is 35.8 Å². The van der Waals surface area contributed by atoms with Gasteiger partial charge in [0.15, 0.2) is 5.82 Å². The van der Waals surface area contributed by atoms with Gasteiger partial charge in [-0.1, -0.05) is 11.8 Å². The van der Waals surface area contributed by atoms with E-state index in [0.29, 0.717) is 13.0 Å². The third-order valence-corrected chi connectivity index (χ3v) is 2.83. The van der Waals surface area contributed by atoms with E-state index in [1.54, 1.807) is 6.33 Å². The minimum Gasteiger partial charge on any atom is -0.486 e. The highest BCUT2D eigenvalue weighted by Gasteiger charge is 2.07. The van der Waals surface area contributed by atoms with Crippen molar-refractivity contribution in [3.05, 3.63) is 42.0 Å². The van der Waals surface area contributed by atoms with Gasteiger partial charge in [0.05, 0.1) is 6.61 Å². The molecule has 0 spiro atoms. The molecular weight excluding hydrogens is 266 g/mol. The van der Waals surface area contributed by atoms with Crippen LogP contribution < -0.4 is 4.74 Å². The number of hydrogen-bond acceptors (Lipinski definition) is 4. The van der Waals surface area contributed by atoms with Crippen LogP contribution in [0.4, 0.5) is 0 Å². The highest BCUT2D eigenvalue weighted by Crippen LogP contribution is 2.14. The van der Waals surface area contributed by atoms with Crippen LogP contribution in [0.3, 0.4) is 0 Å². The summed E-state index contributed by atoms with van der Waals surface area (Å²) in [4.78, 5) is 4.20. The Bertz CT molecular complexity index is 621. The summed E-state index contributed by atoms with van der Waals surface area (Å²) >= 11 is 0. The van der Waals surface area contributed by atoms with Crippen LogP contribution in [0.5, 0.6) is 5.75 Å². The predicted octanol–water partition coefficient (Wildman–Crippen LogP) is 2.17. The summed E-state index contributed by atoms with van der Waals surface area (Å²) in [5.41, 5.74) is 0.904. The van der Waals surface area contributed by atoms with Crippen LogP contribution in [0.15, 0.2) is 30.6 Å². The number of ether oxygens (including phenoxy) is 1. The number of aliphatic hydroxyl groups is 1. The molecule has 2 rings (SSSR count). The molecule has 0 saturated carbocycles. The Morgan fingerprint density at radius 2 is 2.05 bits per heavy atom. The molecule has 0 fully saturated rings. The van der Waals surface area contributed by atoms with Crippen molar-refractivity contribution in [1.82, 2.24) is 14.8 Å². The molecule has 0 radical (unpaired) electrons. The molecule has 1 heterocycles.